The first-order valence-electron chi connectivity index (χ1n) is 10.2. The molecule has 1 saturated heterocycles. The minimum absolute atomic E-state index is 0.0526. The topological polar surface area (TPSA) is 97.6 Å². The minimum atomic E-state index is -0.387. The second-order valence-electron chi connectivity index (χ2n) is 7.80. The van der Waals surface area contributed by atoms with Crippen molar-refractivity contribution in [2.24, 2.45) is 5.92 Å². The lowest BCUT2D eigenvalue weighted by molar-refractivity contribution is -0.134. The Labute approximate surface area is 169 Å². The Hall–Kier alpha value is -2.90. The SMILES string of the molecule is Cc1nnc([C@@H](C)NC(=O)c2cccc(OC3CCN(C(=O)C4CC4)CC3)c2)o1. The number of amides is 2. The Morgan fingerprint density at radius 3 is 2.62 bits per heavy atom. The monoisotopic (exact) mass is 398 g/mol. The maximum absolute atomic E-state index is 12.6. The third-order valence-corrected chi connectivity index (χ3v) is 5.34. The van der Waals surface area contributed by atoms with E-state index >= 15 is 0 Å². The number of likely N-dealkylation sites (tertiary alicyclic amines) is 1. The fourth-order valence-corrected chi connectivity index (χ4v) is 3.51. The molecule has 8 heteroatoms. The molecule has 29 heavy (non-hydrogen) atoms. The van der Waals surface area contributed by atoms with Crippen LogP contribution in [0.3, 0.4) is 0 Å². The molecule has 0 radical (unpaired) electrons. The largest absolute Gasteiger partial charge is 0.490 e. The number of aryl methyl sites for hydroxylation is 1. The third kappa shape index (κ3) is 4.75. The smallest absolute Gasteiger partial charge is 0.252 e. The molecule has 8 nitrogen and oxygen atoms in total. The number of aromatic nitrogens is 2. The molecule has 1 aliphatic heterocycles. The van der Waals surface area contributed by atoms with Crippen molar-refractivity contribution in [2.75, 3.05) is 13.1 Å². The fraction of sp³-hybridized carbons (Fsp3) is 0.524. The lowest BCUT2D eigenvalue weighted by Gasteiger charge is -2.32. The maximum atomic E-state index is 12.6. The van der Waals surface area contributed by atoms with Crippen LogP contribution in [0.4, 0.5) is 0 Å². The number of rotatable bonds is 6. The van der Waals surface area contributed by atoms with E-state index in [0.29, 0.717) is 29.0 Å². The minimum Gasteiger partial charge on any atom is -0.490 e. The molecule has 0 unspecified atom stereocenters. The Bertz CT molecular complexity index is 884. The summed E-state index contributed by atoms with van der Waals surface area (Å²) >= 11 is 0. The standard InChI is InChI=1S/C21H26N4O4/c1-13(20-24-23-14(2)28-20)22-19(26)16-4-3-5-18(12-16)29-17-8-10-25(11-9-17)21(27)15-6-7-15/h3-5,12-13,15,17H,6-11H2,1-2H3,(H,22,26)/t13-/m1/s1. The van der Waals surface area contributed by atoms with E-state index in [2.05, 4.69) is 15.5 Å². The number of hydrogen-bond acceptors (Lipinski definition) is 6. The van der Waals surface area contributed by atoms with Crippen LogP contribution >= 0.6 is 0 Å². The van der Waals surface area contributed by atoms with Crippen molar-refractivity contribution in [1.29, 1.82) is 0 Å². The van der Waals surface area contributed by atoms with Crippen molar-refractivity contribution in [2.45, 2.75) is 51.7 Å². The van der Waals surface area contributed by atoms with Gasteiger partial charge in [-0.25, -0.2) is 0 Å². The van der Waals surface area contributed by atoms with E-state index in [9.17, 15) is 9.59 Å². The van der Waals surface area contributed by atoms with Crippen LogP contribution in [-0.2, 0) is 4.79 Å². The van der Waals surface area contributed by atoms with Crippen molar-refractivity contribution < 1.29 is 18.7 Å². The van der Waals surface area contributed by atoms with Crippen LogP contribution < -0.4 is 10.1 Å². The van der Waals surface area contributed by atoms with Gasteiger partial charge in [0.25, 0.3) is 5.91 Å². The molecule has 1 atom stereocenters. The van der Waals surface area contributed by atoms with Gasteiger partial charge in [0.2, 0.25) is 17.7 Å². The average molecular weight is 398 g/mol. The average Bonchev–Trinajstić information content (AvgIpc) is 3.48. The second-order valence-corrected chi connectivity index (χ2v) is 7.80. The Kier molecular flexibility index (Phi) is 5.51. The molecule has 1 aromatic carbocycles. The molecule has 1 N–H and O–H groups in total. The summed E-state index contributed by atoms with van der Waals surface area (Å²) in [4.78, 5) is 26.7. The van der Waals surface area contributed by atoms with Crippen LogP contribution in [0.25, 0.3) is 0 Å². The first kappa shape index (κ1) is 19.4. The van der Waals surface area contributed by atoms with E-state index in [0.717, 1.165) is 38.8 Å². The molecule has 1 saturated carbocycles. The van der Waals surface area contributed by atoms with Crippen molar-refractivity contribution in [3.63, 3.8) is 0 Å². The highest BCUT2D eigenvalue weighted by Crippen LogP contribution is 2.32. The first-order valence-corrected chi connectivity index (χ1v) is 10.2. The zero-order valence-electron chi connectivity index (χ0n) is 16.8. The second kappa shape index (κ2) is 8.23. The van der Waals surface area contributed by atoms with E-state index in [1.165, 1.54) is 0 Å². The van der Waals surface area contributed by atoms with Gasteiger partial charge in [0.1, 0.15) is 17.9 Å². The van der Waals surface area contributed by atoms with E-state index in [-0.39, 0.29) is 24.0 Å². The summed E-state index contributed by atoms with van der Waals surface area (Å²) in [6.45, 7) is 4.97. The normalized spacial score (nSPS) is 18.3. The molecule has 154 valence electrons. The van der Waals surface area contributed by atoms with E-state index < -0.39 is 0 Å². The van der Waals surface area contributed by atoms with E-state index in [1.54, 1.807) is 32.0 Å². The van der Waals surface area contributed by atoms with Crippen molar-refractivity contribution in [3.8, 4) is 5.75 Å². The number of ether oxygens (including phenoxy) is 1. The zero-order valence-corrected chi connectivity index (χ0v) is 16.8. The van der Waals surface area contributed by atoms with Gasteiger partial charge in [0.05, 0.1) is 0 Å². The molecule has 2 amide bonds. The van der Waals surface area contributed by atoms with Crippen molar-refractivity contribution >= 4 is 11.8 Å². The first-order chi connectivity index (χ1) is 14.0. The van der Waals surface area contributed by atoms with Crippen LogP contribution in [0.1, 0.15) is 60.8 Å². The molecular formula is C21H26N4O4. The Balaban J connectivity index is 1.31. The summed E-state index contributed by atoms with van der Waals surface area (Å²) in [5, 5.41) is 10.6. The predicted octanol–water partition coefficient (Wildman–Crippen LogP) is 2.65. The Morgan fingerprint density at radius 2 is 1.97 bits per heavy atom. The highest BCUT2D eigenvalue weighted by Gasteiger charge is 2.35. The van der Waals surface area contributed by atoms with Crippen LogP contribution in [0.15, 0.2) is 28.7 Å². The molecule has 2 fully saturated rings. The molecule has 2 heterocycles. The van der Waals surface area contributed by atoms with Crippen LogP contribution in [0.5, 0.6) is 5.75 Å². The summed E-state index contributed by atoms with van der Waals surface area (Å²) in [5.74, 6) is 1.82. The van der Waals surface area contributed by atoms with Gasteiger partial charge < -0.3 is 19.4 Å². The van der Waals surface area contributed by atoms with E-state index in [4.69, 9.17) is 9.15 Å². The van der Waals surface area contributed by atoms with Gasteiger partial charge in [-0.1, -0.05) is 6.07 Å². The van der Waals surface area contributed by atoms with Crippen molar-refractivity contribution in [3.05, 3.63) is 41.6 Å². The lowest BCUT2D eigenvalue weighted by Crippen LogP contribution is -2.42. The van der Waals surface area contributed by atoms with Gasteiger partial charge in [0.15, 0.2) is 0 Å². The summed E-state index contributed by atoms with van der Waals surface area (Å²) in [5.41, 5.74) is 0.506. The highest BCUT2D eigenvalue weighted by atomic mass is 16.5. The number of piperidine rings is 1. The molecule has 0 bridgehead atoms. The number of nitrogens with zero attached hydrogens (tertiary/aromatic N) is 3. The molecule has 2 aromatic rings. The molecule has 4 rings (SSSR count). The quantitative estimate of drug-likeness (QED) is 0.803. The third-order valence-electron chi connectivity index (χ3n) is 5.34. The lowest BCUT2D eigenvalue weighted by atomic mass is 10.1. The molecule has 1 aliphatic carbocycles. The van der Waals surface area contributed by atoms with Crippen LogP contribution in [0.2, 0.25) is 0 Å². The number of hydrogen-bond donors (Lipinski definition) is 1. The Morgan fingerprint density at radius 1 is 1.21 bits per heavy atom. The maximum Gasteiger partial charge on any atom is 0.252 e. The summed E-state index contributed by atoms with van der Waals surface area (Å²) < 4.78 is 11.4. The molecule has 2 aliphatic rings. The predicted molar refractivity (Wildman–Crippen MR) is 104 cm³/mol. The van der Waals surface area contributed by atoms with E-state index in [1.807, 2.05) is 11.0 Å². The van der Waals surface area contributed by atoms with Crippen molar-refractivity contribution in [1.82, 2.24) is 20.4 Å². The van der Waals surface area contributed by atoms with Gasteiger partial charge >= 0.3 is 0 Å². The fourth-order valence-electron chi connectivity index (χ4n) is 3.51. The van der Waals surface area contributed by atoms with Gasteiger partial charge in [-0.3, -0.25) is 9.59 Å². The molecular weight excluding hydrogens is 372 g/mol. The van der Waals surface area contributed by atoms with Gasteiger partial charge in [-0.05, 0) is 38.0 Å². The summed E-state index contributed by atoms with van der Waals surface area (Å²) in [6, 6.07) is 6.75. The van der Waals surface area contributed by atoms with Crippen LogP contribution in [0, 0.1) is 12.8 Å². The number of carbonyl (C=O) groups excluding carboxylic acids is 2. The van der Waals surface area contributed by atoms with Gasteiger partial charge in [-0.15, -0.1) is 10.2 Å². The number of carbonyl (C=O) groups is 2. The van der Waals surface area contributed by atoms with Gasteiger partial charge in [-0.2, -0.15) is 0 Å². The molecule has 0 spiro atoms. The number of nitrogens with one attached hydrogen (secondary N) is 1. The summed E-state index contributed by atoms with van der Waals surface area (Å²) in [6.07, 6.45) is 3.74. The van der Waals surface area contributed by atoms with Crippen LogP contribution in [-0.4, -0.2) is 46.1 Å². The highest BCUT2D eigenvalue weighted by molar-refractivity contribution is 5.94. The number of benzene rings is 1. The summed E-state index contributed by atoms with van der Waals surface area (Å²) in [7, 11) is 0. The van der Waals surface area contributed by atoms with Gasteiger partial charge in [0, 0.05) is 44.3 Å². The molecule has 1 aromatic heterocycles. The zero-order chi connectivity index (χ0) is 20.4.